The van der Waals surface area contributed by atoms with Gasteiger partial charge in [0.05, 0.1) is 0 Å². The first kappa shape index (κ1) is 17.6. The fourth-order valence-corrected chi connectivity index (χ4v) is 7.73. The van der Waals surface area contributed by atoms with Crippen molar-refractivity contribution in [2.45, 2.75) is 47.9 Å². The highest BCUT2D eigenvalue weighted by atomic mass is 35.6. The molecule has 2 nitrogen and oxygen atoms in total. The van der Waals surface area contributed by atoms with E-state index in [0.29, 0.717) is 0 Å². The van der Waals surface area contributed by atoms with Gasteiger partial charge in [0.25, 0.3) is 3.53 Å². The molecular weight excluding hydrogens is 334 g/mol. The fourth-order valence-electron chi connectivity index (χ4n) is 1.62. The Labute approximate surface area is 122 Å². The van der Waals surface area contributed by atoms with Crippen molar-refractivity contribution in [3.63, 3.8) is 0 Å². The number of halogens is 5. The summed E-state index contributed by atoms with van der Waals surface area (Å²) in [5.41, 5.74) is 0. The van der Waals surface area contributed by atoms with Gasteiger partial charge in [-0.25, -0.2) is 4.67 Å². The predicted octanol–water partition coefficient (Wildman–Crippen LogP) is 5.47. The van der Waals surface area contributed by atoms with Gasteiger partial charge in [-0.05, 0) is 27.7 Å². The van der Waals surface area contributed by atoms with Crippen LogP contribution >= 0.6 is 65.3 Å². The van der Waals surface area contributed by atoms with Crippen molar-refractivity contribution in [1.29, 1.82) is 0 Å². The zero-order chi connectivity index (χ0) is 13.3. The van der Waals surface area contributed by atoms with E-state index in [1.54, 1.807) is 4.67 Å². The highest BCUT2D eigenvalue weighted by Crippen LogP contribution is 2.73. The van der Waals surface area contributed by atoms with Crippen LogP contribution in [0.4, 0.5) is 0 Å². The first-order valence-corrected chi connectivity index (χ1v) is 8.43. The molecule has 0 radical (unpaired) electrons. The molecule has 1 unspecified atom stereocenters. The Kier molecular flexibility index (Phi) is 6.83. The Balaban J connectivity index is 5.60. The lowest BCUT2D eigenvalue weighted by Crippen LogP contribution is -2.39. The Morgan fingerprint density at radius 3 is 1.38 bits per heavy atom. The van der Waals surface area contributed by atoms with Crippen LogP contribution < -0.4 is 0 Å². The molecule has 0 rings (SSSR count). The van der Waals surface area contributed by atoms with E-state index in [9.17, 15) is 4.57 Å². The molecule has 0 saturated carbocycles. The van der Waals surface area contributed by atoms with Crippen LogP contribution in [0.25, 0.3) is 0 Å². The maximum atomic E-state index is 12.8. The van der Waals surface area contributed by atoms with E-state index in [2.05, 4.69) is 0 Å². The van der Waals surface area contributed by atoms with Crippen molar-refractivity contribution < 1.29 is 4.57 Å². The summed E-state index contributed by atoms with van der Waals surface area (Å²) in [5, 5.41) is 0. The smallest absolute Gasteiger partial charge is 0.258 e. The van der Waals surface area contributed by atoms with Gasteiger partial charge in [-0.2, -0.15) is 0 Å². The first-order chi connectivity index (χ1) is 6.96. The van der Waals surface area contributed by atoms with Gasteiger partial charge in [0.1, 0.15) is 0 Å². The lowest BCUT2D eigenvalue weighted by atomic mass is 10.3. The van der Waals surface area contributed by atoms with Crippen molar-refractivity contribution in [2.75, 3.05) is 0 Å². The molecule has 8 heteroatoms. The number of hydrogen-bond acceptors (Lipinski definition) is 1. The Hall–Kier alpha value is 1.64. The molecule has 0 aliphatic carbocycles. The molecule has 0 aromatic heterocycles. The standard InChI is InChI=1S/C8H15Cl5NOP/c1-5(2)14(6(3)4)16(15,7(9)10)8(11,12)13/h5-7H,1-4H3. The average Bonchev–Trinajstić information content (AvgIpc) is 1.99. The molecule has 0 aliphatic rings. The van der Waals surface area contributed by atoms with Crippen molar-refractivity contribution >= 4 is 65.3 Å². The molecule has 1 atom stereocenters. The van der Waals surface area contributed by atoms with Gasteiger partial charge in [-0.3, -0.25) is 4.57 Å². The zero-order valence-electron chi connectivity index (χ0n) is 9.42. The Morgan fingerprint density at radius 2 is 1.31 bits per heavy atom. The van der Waals surface area contributed by atoms with E-state index in [-0.39, 0.29) is 12.1 Å². The summed E-state index contributed by atoms with van der Waals surface area (Å²) < 4.78 is 11.1. The third kappa shape index (κ3) is 3.57. The molecule has 0 fully saturated rings. The molecule has 0 heterocycles. The topological polar surface area (TPSA) is 20.3 Å². The van der Waals surface area contributed by atoms with Gasteiger partial charge in [0, 0.05) is 12.1 Å². The van der Waals surface area contributed by atoms with E-state index in [4.69, 9.17) is 58.0 Å². The number of nitrogens with zero attached hydrogens (tertiary/aromatic N) is 1. The van der Waals surface area contributed by atoms with Crippen LogP contribution in [0.5, 0.6) is 0 Å². The minimum atomic E-state index is -3.54. The SMILES string of the molecule is CC(C)N(C(C)C)P(=O)(C(Cl)Cl)C(Cl)(Cl)Cl. The quantitative estimate of drug-likeness (QED) is 0.495. The van der Waals surface area contributed by atoms with Gasteiger partial charge < -0.3 is 0 Å². The highest BCUT2D eigenvalue weighted by molar-refractivity contribution is 7.73. The molecule has 0 saturated heterocycles. The third-order valence-electron chi connectivity index (χ3n) is 2.03. The molecule has 0 amide bonds. The van der Waals surface area contributed by atoms with Crippen LogP contribution in [0.3, 0.4) is 0 Å². The summed E-state index contributed by atoms with van der Waals surface area (Å²) in [4.78, 5) is 0. The predicted molar refractivity (Wildman–Crippen MR) is 75.5 cm³/mol. The van der Waals surface area contributed by atoms with Gasteiger partial charge in [-0.15, -0.1) is 0 Å². The van der Waals surface area contributed by atoms with E-state index >= 15 is 0 Å². The highest BCUT2D eigenvalue weighted by Gasteiger charge is 2.54. The summed E-state index contributed by atoms with van der Waals surface area (Å²) in [6.07, 6.45) is 0. The minimum absolute atomic E-state index is 0.0959. The average molecular weight is 349 g/mol. The first-order valence-electron chi connectivity index (χ1n) is 4.69. The molecule has 0 N–H and O–H groups in total. The molecule has 16 heavy (non-hydrogen) atoms. The molecule has 0 spiro atoms. The number of alkyl halides is 5. The second-order valence-corrected chi connectivity index (χ2v) is 11.6. The molecular formula is C8H15Cl5NOP. The number of rotatable bonds is 4. The third-order valence-corrected chi connectivity index (χ3v) is 8.66. The van der Waals surface area contributed by atoms with Crippen LogP contribution in [-0.4, -0.2) is 24.9 Å². The monoisotopic (exact) mass is 347 g/mol. The van der Waals surface area contributed by atoms with Crippen LogP contribution in [0, 0.1) is 0 Å². The van der Waals surface area contributed by atoms with Crippen LogP contribution in [-0.2, 0) is 4.57 Å². The maximum absolute atomic E-state index is 12.8. The summed E-state index contributed by atoms with van der Waals surface area (Å²) in [5.74, 6) is 0. The second kappa shape index (κ2) is 6.19. The maximum Gasteiger partial charge on any atom is 0.258 e. The minimum Gasteiger partial charge on any atom is -0.299 e. The van der Waals surface area contributed by atoms with Gasteiger partial charge >= 0.3 is 0 Å². The molecule has 0 aliphatic heterocycles. The summed E-state index contributed by atoms with van der Waals surface area (Å²) in [6.45, 7) is 7.39. The zero-order valence-corrected chi connectivity index (χ0v) is 14.1. The van der Waals surface area contributed by atoms with E-state index in [0.717, 1.165) is 0 Å². The largest absolute Gasteiger partial charge is 0.299 e. The lowest BCUT2D eigenvalue weighted by Gasteiger charge is -2.41. The Morgan fingerprint density at radius 1 is 1.00 bits per heavy atom. The van der Waals surface area contributed by atoms with Crippen molar-refractivity contribution in [1.82, 2.24) is 4.67 Å². The summed E-state index contributed by atoms with van der Waals surface area (Å²) in [6, 6.07) is -0.192. The molecule has 0 bridgehead atoms. The fraction of sp³-hybridized carbons (Fsp3) is 1.00. The van der Waals surface area contributed by atoms with Crippen LogP contribution in [0.2, 0.25) is 0 Å². The Bertz CT molecular complexity index is 268. The number of hydrogen-bond donors (Lipinski definition) is 0. The normalized spacial score (nSPS) is 17.6. The van der Waals surface area contributed by atoms with Gasteiger partial charge in [0.15, 0.2) is 4.58 Å². The van der Waals surface area contributed by atoms with Crippen LogP contribution in [0.15, 0.2) is 0 Å². The molecule has 0 aromatic rings. The van der Waals surface area contributed by atoms with E-state index in [1.807, 2.05) is 27.7 Å². The van der Waals surface area contributed by atoms with Gasteiger partial charge in [0.2, 0.25) is 7.29 Å². The van der Waals surface area contributed by atoms with Crippen LogP contribution in [0.1, 0.15) is 27.7 Å². The van der Waals surface area contributed by atoms with Gasteiger partial charge in [-0.1, -0.05) is 58.0 Å². The van der Waals surface area contributed by atoms with Crippen molar-refractivity contribution in [3.05, 3.63) is 0 Å². The molecule has 0 aromatic carbocycles. The van der Waals surface area contributed by atoms with Crippen molar-refractivity contribution in [2.24, 2.45) is 0 Å². The second-order valence-electron chi connectivity index (χ2n) is 3.94. The lowest BCUT2D eigenvalue weighted by molar-refractivity contribution is 0.299. The summed E-state index contributed by atoms with van der Waals surface area (Å²) >= 11 is 28.8. The van der Waals surface area contributed by atoms with Crippen molar-refractivity contribution in [3.8, 4) is 0 Å². The van der Waals surface area contributed by atoms with E-state index in [1.165, 1.54) is 0 Å². The van der Waals surface area contributed by atoms with E-state index < -0.39 is 15.4 Å². The molecule has 98 valence electrons. The summed E-state index contributed by atoms with van der Waals surface area (Å²) in [7, 11) is -3.54.